The van der Waals surface area contributed by atoms with Crippen LogP contribution >= 0.6 is 0 Å². The van der Waals surface area contributed by atoms with E-state index in [2.05, 4.69) is 25.9 Å². The number of hydrogen-bond acceptors (Lipinski definition) is 6. The van der Waals surface area contributed by atoms with E-state index in [9.17, 15) is 9.59 Å². The highest BCUT2D eigenvalue weighted by molar-refractivity contribution is 5.99. The van der Waals surface area contributed by atoms with Crippen molar-refractivity contribution in [1.29, 1.82) is 0 Å². The fourth-order valence-corrected chi connectivity index (χ4v) is 3.26. The van der Waals surface area contributed by atoms with E-state index in [1.807, 2.05) is 31.3 Å². The van der Waals surface area contributed by atoms with Crippen LogP contribution in [0.4, 0.5) is 5.82 Å². The van der Waals surface area contributed by atoms with Gasteiger partial charge in [-0.25, -0.2) is 4.68 Å². The van der Waals surface area contributed by atoms with Crippen molar-refractivity contribution < 1.29 is 9.59 Å². The summed E-state index contributed by atoms with van der Waals surface area (Å²) in [6, 6.07) is 8.65. The Labute approximate surface area is 161 Å². The predicted octanol–water partition coefficient (Wildman–Crippen LogP) is 0.250. The molecule has 0 radical (unpaired) electrons. The average molecular weight is 380 g/mol. The van der Waals surface area contributed by atoms with Gasteiger partial charge in [-0.1, -0.05) is 12.1 Å². The highest BCUT2D eigenvalue weighted by atomic mass is 16.2. The lowest BCUT2D eigenvalue weighted by molar-refractivity contribution is -0.128. The second kappa shape index (κ2) is 7.59. The minimum atomic E-state index is -0.524. The van der Waals surface area contributed by atoms with Crippen molar-refractivity contribution in [2.75, 3.05) is 11.4 Å². The Bertz CT molecular complexity index is 964. The van der Waals surface area contributed by atoms with E-state index in [-0.39, 0.29) is 18.2 Å². The molecular formula is C18H20N8O2. The smallest absolute Gasteiger partial charge is 0.250 e. The molecule has 28 heavy (non-hydrogen) atoms. The Balaban J connectivity index is 1.37. The van der Waals surface area contributed by atoms with E-state index in [1.54, 1.807) is 21.8 Å². The highest BCUT2D eigenvalue weighted by Gasteiger charge is 2.31. The summed E-state index contributed by atoms with van der Waals surface area (Å²) in [7, 11) is 1.81. The molecule has 3 heterocycles. The molecule has 1 N–H and O–H groups in total. The first-order valence-electron chi connectivity index (χ1n) is 9.03. The molecule has 0 bridgehead atoms. The first kappa shape index (κ1) is 17.8. The summed E-state index contributed by atoms with van der Waals surface area (Å²) in [6.07, 6.45) is 4.94. The van der Waals surface area contributed by atoms with Gasteiger partial charge in [-0.3, -0.25) is 19.2 Å². The maximum Gasteiger partial charge on any atom is 0.250 e. The topological polar surface area (TPSA) is 111 Å². The molecule has 0 spiro atoms. The minimum Gasteiger partial charge on any atom is -0.344 e. The summed E-state index contributed by atoms with van der Waals surface area (Å²) in [5.74, 6) is 0.313. The number of tetrazole rings is 1. The Morgan fingerprint density at radius 3 is 2.75 bits per heavy atom. The average Bonchev–Trinajstić information content (AvgIpc) is 3.36. The number of anilines is 1. The van der Waals surface area contributed by atoms with E-state index < -0.39 is 6.04 Å². The Kier molecular flexibility index (Phi) is 4.83. The quantitative estimate of drug-likeness (QED) is 0.679. The van der Waals surface area contributed by atoms with Gasteiger partial charge in [0.1, 0.15) is 12.4 Å². The van der Waals surface area contributed by atoms with E-state index in [0.29, 0.717) is 18.8 Å². The molecule has 144 valence electrons. The van der Waals surface area contributed by atoms with Crippen molar-refractivity contribution in [3.05, 3.63) is 48.4 Å². The third-order valence-corrected chi connectivity index (χ3v) is 4.66. The standard InChI is InChI=1S/C18H20N8O2/c1-24-10-8-16(21-24)25-9-2-3-15(18(25)28)20-17(27)11-13-4-6-14(7-5-13)26-12-19-22-23-26/h4-8,10,12,15H,2-3,9,11H2,1H3,(H,20,27). The van der Waals surface area contributed by atoms with Gasteiger partial charge in [0, 0.05) is 25.9 Å². The van der Waals surface area contributed by atoms with Crippen molar-refractivity contribution in [3.8, 4) is 5.69 Å². The fourth-order valence-electron chi connectivity index (χ4n) is 3.26. The van der Waals surface area contributed by atoms with Gasteiger partial charge in [-0.15, -0.1) is 5.10 Å². The van der Waals surface area contributed by atoms with Crippen molar-refractivity contribution in [1.82, 2.24) is 35.3 Å². The molecule has 1 aliphatic heterocycles. The van der Waals surface area contributed by atoms with E-state index >= 15 is 0 Å². The maximum absolute atomic E-state index is 12.7. The maximum atomic E-state index is 12.7. The molecule has 2 amide bonds. The molecule has 0 aliphatic carbocycles. The summed E-state index contributed by atoms with van der Waals surface area (Å²) >= 11 is 0. The van der Waals surface area contributed by atoms with Crippen LogP contribution in [0.3, 0.4) is 0 Å². The molecule has 1 fully saturated rings. The second-order valence-corrected chi connectivity index (χ2v) is 6.70. The SMILES string of the molecule is Cn1ccc(N2CCCC(NC(=O)Cc3ccc(-n4cnnn4)cc3)C2=O)n1. The van der Waals surface area contributed by atoms with Crippen molar-refractivity contribution in [3.63, 3.8) is 0 Å². The summed E-state index contributed by atoms with van der Waals surface area (Å²) < 4.78 is 3.20. The largest absolute Gasteiger partial charge is 0.344 e. The molecule has 4 rings (SSSR count). The first-order chi connectivity index (χ1) is 13.6. The Morgan fingerprint density at radius 2 is 2.07 bits per heavy atom. The molecular weight excluding hydrogens is 360 g/mol. The number of carbonyl (C=O) groups excluding carboxylic acids is 2. The summed E-state index contributed by atoms with van der Waals surface area (Å²) in [5, 5.41) is 18.2. The molecule has 2 aromatic heterocycles. The lowest BCUT2D eigenvalue weighted by Crippen LogP contribution is -2.52. The van der Waals surface area contributed by atoms with E-state index in [4.69, 9.17) is 0 Å². The number of aromatic nitrogens is 6. The van der Waals surface area contributed by atoms with E-state index in [1.165, 1.54) is 11.0 Å². The van der Waals surface area contributed by atoms with Crippen LogP contribution in [0.5, 0.6) is 0 Å². The number of nitrogens with one attached hydrogen (secondary N) is 1. The van der Waals surface area contributed by atoms with Crippen LogP contribution in [0.25, 0.3) is 5.69 Å². The minimum absolute atomic E-state index is 0.118. The van der Waals surface area contributed by atoms with Crippen LogP contribution in [0.1, 0.15) is 18.4 Å². The number of aryl methyl sites for hydroxylation is 1. The number of nitrogens with zero attached hydrogens (tertiary/aromatic N) is 7. The number of amides is 2. The van der Waals surface area contributed by atoms with Gasteiger partial charge in [-0.05, 0) is 41.0 Å². The van der Waals surface area contributed by atoms with Gasteiger partial charge < -0.3 is 5.32 Å². The van der Waals surface area contributed by atoms with Gasteiger partial charge in [-0.2, -0.15) is 5.10 Å². The Hall–Kier alpha value is -3.56. The van der Waals surface area contributed by atoms with Crippen molar-refractivity contribution >= 4 is 17.6 Å². The number of rotatable bonds is 5. The highest BCUT2D eigenvalue weighted by Crippen LogP contribution is 2.19. The molecule has 1 atom stereocenters. The number of benzene rings is 1. The van der Waals surface area contributed by atoms with Crippen molar-refractivity contribution in [2.45, 2.75) is 25.3 Å². The van der Waals surface area contributed by atoms with Gasteiger partial charge in [0.15, 0.2) is 5.82 Å². The molecule has 3 aromatic rings. The second-order valence-electron chi connectivity index (χ2n) is 6.70. The van der Waals surface area contributed by atoms with Crippen LogP contribution < -0.4 is 10.2 Å². The number of hydrogen-bond donors (Lipinski definition) is 1. The van der Waals surface area contributed by atoms with Crippen LogP contribution in [0.15, 0.2) is 42.9 Å². The Morgan fingerprint density at radius 1 is 1.25 bits per heavy atom. The zero-order chi connectivity index (χ0) is 19.5. The molecule has 0 saturated carbocycles. The van der Waals surface area contributed by atoms with Crippen LogP contribution in [0, 0.1) is 0 Å². The van der Waals surface area contributed by atoms with Crippen LogP contribution in [-0.2, 0) is 23.1 Å². The summed E-state index contributed by atoms with van der Waals surface area (Å²) in [4.78, 5) is 26.8. The monoisotopic (exact) mass is 380 g/mol. The van der Waals surface area contributed by atoms with Crippen LogP contribution in [0.2, 0.25) is 0 Å². The van der Waals surface area contributed by atoms with Gasteiger partial charge >= 0.3 is 0 Å². The van der Waals surface area contributed by atoms with Crippen LogP contribution in [-0.4, -0.2) is 54.4 Å². The van der Waals surface area contributed by atoms with Gasteiger partial charge in [0.25, 0.3) is 5.91 Å². The van der Waals surface area contributed by atoms with Gasteiger partial charge in [0.05, 0.1) is 12.1 Å². The molecule has 1 saturated heterocycles. The molecule has 1 unspecified atom stereocenters. The molecule has 1 aliphatic rings. The zero-order valence-electron chi connectivity index (χ0n) is 15.4. The van der Waals surface area contributed by atoms with E-state index in [0.717, 1.165) is 17.7 Å². The third kappa shape index (κ3) is 3.75. The predicted molar refractivity (Wildman–Crippen MR) is 99.6 cm³/mol. The molecule has 10 nitrogen and oxygen atoms in total. The zero-order valence-corrected chi connectivity index (χ0v) is 15.4. The normalized spacial score (nSPS) is 17.0. The molecule has 1 aromatic carbocycles. The fraction of sp³-hybridized carbons (Fsp3) is 0.333. The first-order valence-corrected chi connectivity index (χ1v) is 9.03. The summed E-state index contributed by atoms with van der Waals surface area (Å²) in [6.45, 7) is 0.612. The summed E-state index contributed by atoms with van der Waals surface area (Å²) in [5.41, 5.74) is 1.65. The third-order valence-electron chi connectivity index (χ3n) is 4.66. The van der Waals surface area contributed by atoms with Crippen molar-refractivity contribution in [2.24, 2.45) is 7.05 Å². The van der Waals surface area contributed by atoms with Gasteiger partial charge in [0.2, 0.25) is 5.91 Å². The lowest BCUT2D eigenvalue weighted by Gasteiger charge is -2.31. The number of piperidine rings is 1. The number of carbonyl (C=O) groups is 2. The lowest BCUT2D eigenvalue weighted by atomic mass is 10.0. The molecule has 10 heteroatoms.